The highest BCUT2D eigenvalue weighted by molar-refractivity contribution is 7.13. The molecule has 11 heavy (non-hydrogen) atoms. The van der Waals surface area contributed by atoms with Gasteiger partial charge in [-0.15, -0.1) is 0 Å². The average Bonchev–Trinajstić information content (AvgIpc) is 2.04. The summed E-state index contributed by atoms with van der Waals surface area (Å²) < 4.78 is 2.30. The maximum atomic E-state index is 3.38. The van der Waals surface area contributed by atoms with E-state index in [-0.39, 0.29) is 0 Å². The highest BCUT2D eigenvalue weighted by Crippen LogP contribution is 2.12. The first kappa shape index (κ1) is 9.02. The molecule has 0 radical (unpaired) electrons. The molecule has 1 aliphatic rings. The topological polar surface area (TPSA) is 15.3 Å². The Morgan fingerprint density at radius 1 is 1.45 bits per heavy atom. The van der Waals surface area contributed by atoms with Crippen LogP contribution in [0.5, 0.6) is 0 Å². The molecular weight excluding hydrogens is 155 g/mol. The molecule has 0 spiro atoms. The van der Waals surface area contributed by atoms with Gasteiger partial charge >= 0.3 is 0 Å². The van der Waals surface area contributed by atoms with Crippen LogP contribution in [0, 0.1) is 0 Å². The van der Waals surface area contributed by atoms with E-state index in [1.165, 1.54) is 25.9 Å². The minimum absolute atomic E-state index is 0.697. The normalized spacial score (nSPS) is 22.7. The van der Waals surface area contributed by atoms with Crippen LogP contribution in [-0.2, 0) is 0 Å². The number of nitrogens with one attached hydrogen (secondary N) is 1. The Morgan fingerprint density at radius 3 is 2.64 bits per heavy atom. The monoisotopic (exact) mass is 172 g/mol. The fourth-order valence-corrected chi connectivity index (χ4v) is 1.60. The lowest BCUT2D eigenvalue weighted by Gasteiger charge is -2.28. The van der Waals surface area contributed by atoms with Gasteiger partial charge in [-0.05, 0) is 26.0 Å². The Kier molecular flexibility index (Phi) is 3.88. The van der Waals surface area contributed by atoms with Crippen molar-refractivity contribution < 1.29 is 0 Å². The van der Waals surface area contributed by atoms with Gasteiger partial charge in [-0.25, -0.2) is 0 Å². The van der Waals surface area contributed by atoms with Gasteiger partial charge in [0.2, 0.25) is 0 Å². The van der Waals surface area contributed by atoms with Crippen LogP contribution in [0.4, 0.5) is 0 Å². The molecule has 0 saturated carbocycles. The van der Waals surface area contributed by atoms with Gasteiger partial charge in [-0.2, -0.15) is 0 Å². The van der Waals surface area contributed by atoms with E-state index in [1.807, 2.05) is 19.2 Å². The number of piperidine rings is 1. The zero-order valence-electron chi connectivity index (χ0n) is 7.09. The van der Waals surface area contributed by atoms with Gasteiger partial charge in [-0.1, -0.05) is 15.5 Å². The first-order valence-electron chi connectivity index (χ1n) is 4.20. The number of hydrogen-bond acceptors (Lipinski definition) is 2. The van der Waals surface area contributed by atoms with E-state index in [9.17, 15) is 0 Å². The first-order valence-corrected chi connectivity index (χ1v) is 4.71. The van der Waals surface area contributed by atoms with Crippen molar-refractivity contribution in [1.82, 2.24) is 9.99 Å². The van der Waals surface area contributed by atoms with Gasteiger partial charge in [0.15, 0.2) is 0 Å². The molecule has 3 heteroatoms. The Balaban J connectivity index is 2.17. The van der Waals surface area contributed by atoms with Crippen LogP contribution in [-0.4, -0.2) is 23.8 Å². The molecule has 0 bridgehead atoms. The van der Waals surface area contributed by atoms with E-state index in [2.05, 4.69) is 19.4 Å². The summed E-state index contributed by atoms with van der Waals surface area (Å²) in [5.41, 5.74) is 0. The van der Waals surface area contributed by atoms with E-state index in [0.29, 0.717) is 6.04 Å². The highest BCUT2D eigenvalue weighted by Gasteiger charge is 2.14. The molecule has 1 N–H and O–H groups in total. The summed E-state index contributed by atoms with van der Waals surface area (Å²) in [6.45, 7) is 4.43. The molecule has 1 saturated heterocycles. The Morgan fingerprint density at radius 2 is 2.09 bits per heavy atom. The molecule has 1 unspecified atom stereocenters. The summed E-state index contributed by atoms with van der Waals surface area (Å²) in [4.78, 5) is 0. The molecule has 1 atom stereocenters. The molecule has 0 aromatic rings. The molecule has 1 rings (SSSR count). The summed E-state index contributed by atoms with van der Waals surface area (Å²) in [7, 11) is 2.76. The third-order valence-electron chi connectivity index (χ3n) is 2.03. The standard InChI is InChI=1S/C8H17N2P/c1-2-5-9-8-3-6-10(11)7-4-8/h2,5,8-9H,3-4,6-7,11H2,1H3/b5-2-. The molecule has 1 aliphatic heterocycles. The van der Waals surface area contributed by atoms with Crippen LogP contribution in [0.1, 0.15) is 19.8 Å². The second-order valence-electron chi connectivity index (χ2n) is 2.98. The summed E-state index contributed by atoms with van der Waals surface area (Å²) in [5.74, 6) is 0. The van der Waals surface area contributed by atoms with Crippen molar-refractivity contribution >= 4 is 9.39 Å². The maximum Gasteiger partial charge on any atom is 0.0280 e. The fraction of sp³-hybridized carbons (Fsp3) is 0.750. The summed E-state index contributed by atoms with van der Waals surface area (Å²) >= 11 is 0. The van der Waals surface area contributed by atoms with Crippen LogP contribution in [0.2, 0.25) is 0 Å². The molecule has 64 valence electrons. The highest BCUT2D eigenvalue weighted by atomic mass is 31.0. The van der Waals surface area contributed by atoms with Crippen LogP contribution < -0.4 is 5.32 Å². The molecule has 0 aromatic heterocycles. The molecule has 0 aromatic carbocycles. The molecule has 1 fully saturated rings. The SMILES string of the molecule is C/C=C\NC1CCN(P)CC1. The lowest BCUT2D eigenvalue weighted by molar-refractivity contribution is 0.324. The number of rotatable bonds is 2. The minimum atomic E-state index is 0.697. The summed E-state index contributed by atoms with van der Waals surface area (Å²) in [5, 5.41) is 3.38. The lowest BCUT2D eigenvalue weighted by Crippen LogP contribution is -2.36. The molecule has 0 amide bonds. The zero-order valence-corrected chi connectivity index (χ0v) is 8.24. The maximum absolute atomic E-state index is 3.38. The second-order valence-corrected chi connectivity index (χ2v) is 3.71. The van der Waals surface area contributed by atoms with E-state index in [0.717, 1.165) is 0 Å². The zero-order chi connectivity index (χ0) is 8.10. The van der Waals surface area contributed by atoms with Gasteiger partial charge in [0, 0.05) is 19.1 Å². The number of hydrogen-bond donors (Lipinski definition) is 1. The van der Waals surface area contributed by atoms with Crippen LogP contribution in [0.25, 0.3) is 0 Å². The number of nitrogens with zero attached hydrogens (tertiary/aromatic N) is 1. The van der Waals surface area contributed by atoms with Gasteiger partial charge in [0.25, 0.3) is 0 Å². The smallest absolute Gasteiger partial charge is 0.0280 e. The van der Waals surface area contributed by atoms with Gasteiger partial charge < -0.3 is 5.32 Å². The largest absolute Gasteiger partial charge is 0.388 e. The van der Waals surface area contributed by atoms with Crippen molar-refractivity contribution in [3.63, 3.8) is 0 Å². The van der Waals surface area contributed by atoms with Crippen LogP contribution in [0.3, 0.4) is 0 Å². The van der Waals surface area contributed by atoms with Crippen molar-refractivity contribution in [3.05, 3.63) is 12.3 Å². The predicted molar refractivity (Wildman–Crippen MR) is 52.3 cm³/mol. The molecule has 1 heterocycles. The van der Waals surface area contributed by atoms with E-state index in [4.69, 9.17) is 0 Å². The molecule has 0 aliphatic carbocycles. The molecule has 2 nitrogen and oxygen atoms in total. The van der Waals surface area contributed by atoms with E-state index < -0.39 is 0 Å². The Hall–Kier alpha value is -0.0700. The van der Waals surface area contributed by atoms with E-state index >= 15 is 0 Å². The Labute approximate surface area is 71.3 Å². The Bertz CT molecular complexity index is 128. The van der Waals surface area contributed by atoms with E-state index in [1.54, 1.807) is 0 Å². The third-order valence-corrected chi connectivity index (χ3v) is 2.54. The predicted octanol–water partition coefficient (Wildman–Crippen LogP) is 1.36. The quantitative estimate of drug-likeness (QED) is 0.633. The van der Waals surface area contributed by atoms with Gasteiger partial charge in [0.05, 0.1) is 0 Å². The minimum Gasteiger partial charge on any atom is -0.388 e. The summed E-state index contributed by atoms with van der Waals surface area (Å²) in [6, 6.07) is 0.697. The van der Waals surface area contributed by atoms with Gasteiger partial charge in [-0.3, -0.25) is 4.67 Å². The van der Waals surface area contributed by atoms with Crippen molar-refractivity contribution in [3.8, 4) is 0 Å². The fourth-order valence-electron chi connectivity index (χ4n) is 1.30. The van der Waals surface area contributed by atoms with Crippen molar-refractivity contribution in [2.45, 2.75) is 25.8 Å². The lowest BCUT2D eigenvalue weighted by atomic mass is 10.1. The number of allylic oxidation sites excluding steroid dienone is 1. The summed E-state index contributed by atoms with van der Waals surface area (Å²) in [6.07, 6.45) is 6.61. The first-order chi connectivity index (χ1) is 5.33. The van der Waals surface area contributed by atoms with Crippen molar-refractivity contribution in [2.24, 2.45) is 0 Å². The average molecular weight is 172 g/mol. The van der Waals surface area contributed by atoms with Crippen LogP contribution in [0.15, 0.2) is 12.3 Å². The second kappa shape index (κ2) is 4.74. The third kappa shape index (κ3) is 3.22. The van der Waals surface area contributed by atoms with Gasteiger partial charge in [0.1, 0.15) is 0 Å². The van der Waals surface area contributed by atoms with Crippen molar-refractivity contribution in [1.29, 1.82) is 0 Å². The van der Waals surface area contributed by atoms with Crippen molar-refractivity contribution in [2.75, 3.05) is 13.1 Å². The van der Waals surface area contributed by atoms with Crippen LogP contribution >= 0.6 is 9.39 Å². The molecular formula is C8H17N2P.